The van der Waals surface area contributed by atoms with Crippen LogP contribution in [-0.2, 0) is 4.74 Å². The van der Waals surface area contributed by atoms with E-state index in [2.05, 4.69) is 24.2 Å². The smallest absolute Gasteiger partial charge is 0.407 e. The molecule has 2 aliphatic heterocycles. The van der Waals surface area contributed by atoms with Crippen molar-refractivity contribution in [3.8, 4) is 0 Å². The van der Waals surface area contributed by atoms with E-state index in [9.17, 15) is 4.79 Å². The predicted octanol–water partition coefficient (Wildman–Crippen LogP) is 0.189. The minimum atomic E-state index is -0.270. The maximum absolute atomic E-state index is 11.0. The number of nitrogens with zero attached hydrogens (tertiary/aromatic N) is 1. The van der Waals surface area contributed by atoms with Gasteiger partial charge in [-0.1, -0.05) is 0 Å². The van der Waals surface area contributed by atoms with Crippen LogP contribution in [0.2, 0.25) is 0 Å². The van der Waals surface area contributed by atoms with Crippen LogP contribution in [0.15, 0.2) is 0 Å². The average molecular weight is 170 g/mol. The van der Waals surface area contributed by atoms with Gasteiger partial charge in [-0.2, -0.15) is 0 Å². The molecular formula is C8H14N2O2. The molecule has 4 nitrogen and oxygen atoms in total. The lowest BCUT2D eigenvalue weighted by Gasteiger charge is -2.25. The number of ether oxygens (including phenoxy) is 1. The first-order valence-corrected chi connectivity index (χ1v) is 4.24. The van der Waals surface area contributed by atoms with Crippen molar-refractivity contribution in [2.75, 3.05) is 20.2 Å². The van der Waals surface area contributed by atoms with Crippen molar-refractivity contribution < 1.29 is 9.53 Å². The average Bonchev–Trinajstić information content (AvgIpc) is 2.10. The highest BCUT2D eigenvalue weighted by molar-refractivity contribution is 5.69. The predicted molar refractivity (Wildman–Crippen MR) is 43.9 cm³/mol. The monoisotopic (exact) mass is 170 g/mol. The van der Waals surface area contributed by atoms with Crippen LogP contribution in [0.5, 0.6) is 0 Å². The van der Waals surface area contributed by atoms with Gasteiger partial charge in [0.2, 0.25) is 0 Å². The minimum absolute atomic E-state index is 0.0764. The van der Waals surface area contributed by atoms with Crippen molar-refractivity contribution in [1.82, 2.24) is 10.2 Å². The Hall–Kier alpha value is -0.770. The van der Waals surface area contributed by atoms with Crippen LogP contribution in [0.1, 0.15) is 13.3 Å². The molecule has 1 N–H and O–H groups in total. The fourth-order valence-corrected chi connectivity index (χ4v) is 2.15. The summed E-state index contributed by atoms with van der Waals surface area (Å²) in [7, 11) is 2.07. The van der Waals surface area contributed by atoms with Gasteiger partial charge in [0.25, 0.3) is 0 Å². The van der Waals surface area contributed by atoms with Gasteiger partial charge in [0.15, 0.2) is 0 Å². The highest BCUT2D eigenvalue weighted by Crippen LogP contribution is 2.27. The molecule has 2 rings (SSSR count). The Balaban J connectivity index is 2.19. The molecule has 0 aromatic carbocycles. The maximum Gasteiger partial charge on any atom is 0.407 e. The molecule has 68 valence electrons. The molecule has 12 heavy (non-hydrogen) atoms. The van der Waals surface area contributed by atoms with Crippen molar-refractivity contribution >= 4 is 6.09 Å². The Labute approximate surface area is 71.9 Å². The molecule has 0 saturated carbocycles. The quantitative estimate of drug-likeness (QED) is 0.564. The lowest BCUT2D eigenvalue weighted by Crippen LogP contribution is -2.48. The van der Waals surface area contributed by atoms with E-state index in [0.29, 0.717) is 12.6 Å². The van der Waals surface area contributed by atoms with Gasteiger partial charge in [-0.15, -0.1) is 0 Å². The number of likely N-dealkylation sites (N-methyl/N-ethyl adjacent to an activating group) is 1. The molecule has 0 radical (unpaired) electrons. The van der Waals surface area contributed by atoms with Crippen LogP contribution in [0.3, 0.4) is 0 Å². The molecule has 2 unspecified atom stereocenters. The first kappa shape index (κ1) is 7.86. The number of carbonyl (C=O) groups is 1. The van der Waals surface area contributed by atoms with Crippen LogP contribution in [-0.4, -0.2) is 42.8 Å². The van der Waals surface area contributed by atoms with Crippen LogP contribution >= 0.6 is 0 Å². The molecule has 2 aliphatic rings. The number of likely N-dealkylation sites (tertiary alicyclic amines) is 1. The zero-order valence-corrected chi connectivity index (χ0v) is 7.46. The first-order valence-electron chi connectivity index (χ1n) is 4.24. The van der Waals surface area contributed by atoms with E-state index in [1.54, 1.807) is 0 Å². The maximum atomic E-state index is 11.0. The van der Waals surface area contributed by atoms with Crippen molar-refractivity contribution in [2.24, 2.45) is 0 Å². The number of alkyl carbamates (subject to hydrolysis) is 1. The number of fused-ring (bicyclic) bond motifs is 2. The third-order valence-corrected chi connectivity index (χ3v) is 2.72. The summed E-state index contributed by atoms with van der Waals surface area (Å²) >= 11 is 0. The molecule has 2 atom stereocenters. The first-order chi connectivity index (χ1) is 5.59. The second-order valence-corrected chi connectivity index (χ2v) is 4.06. The fraction of sp³-hybridized carbons (Fsp3) is 0.875. The molecule has 0 aromatic heterocycles. The largest absolute Gasteiger partial charge is 0.448 e. The van der Waals surface area contributed by atoms with Gasteiger partial charge in [-0.05, 0) is 20.4 Å². The summed E-state index contributed by atoms with van der Waals surface area (Å²) in [6.07, 6.45) is 0.725. The summed E-state index contributed by atoms with van der Waals surface area (Å²) in [5, 5.41) is 2.87. The molecule has 0 aliphatic carbocycles. The Kier molecular flexibility index (Phi) is 1.54. The molecular weight excluding hydrogens is 156 g/mol. The standard InChI is InChI=1S/C8H14N2O2/c1-8-3-6(10(2)5-8)4-12-7(11)9-8/h6H,3-5H2,1-2H3,(H,9,11). The van der Waals surface area contributed by atoms with Crippen molar-refractivity contribution in [2.45, 2.75) is 24.9 Å². The van der Waals surface area contributed by atoms with Gasteiger partial charge in [-0.3, -0.25) is 4.90 Å². The summed E-state index contributed by atoms with van der Waals surface area (Å²) in [4.78, 5) is 13.3. The van der Waals surface area contributed by atoms with E-state index in [0.717, 1.165) is 13.0 Å². The van der Waals surface area contributed by atoms with Crippen LogP contribution in [0, 0.1) is 0 Å². The van der Waals surface area contributed by atoms with E-state index in [1.807, 2.05) is 0 Å². The Morgan fingerprint density at radius 3 is 3.25 bits per heavy atom. The zero-order chi connectivity index (χ0) is 8.77. The summed E-state index contributed by atoms with van der Waals surface area (Å²) in [5.74, 6) is 0. The van der Waals surface area contributed by atoms with Gasteiger partial charge in [0, 0.05) is 12.6 Å². The highest BCUT2D eigenvalue weighted by Gasteiger charge is 2.43. The number of hydrogen-bond donors (Lipinski definition) is 1. The highest BCUT2D eigenvalue weighted by atomic mass is 16.5. The molecule has 4 heteroatoms. The number of nitrogens with one attached hydrogen (secondary N) is 1. The van der Waals surface area contributed by atoms with Crippen LogP contribution in [0.25, 0.3) is 0 Å². The van der Waals surface area contributed by atoms with Crippen molar-refractivity contribution in [3.05, 3.63) is 0 Å². The lowest BCUT2D eigenvalue weighted by molar-refractivity contribution is 0.109. The topological polar surface area (TPSA) is 41.6 Å². The molecule has 2 bridgehead atoms. The second-order valence-electron chi connectivity index (χ2n) is 4.06. The van der Waals surface area contributed by atoms with Gasteiger partial charge >= 0.3 is 6.09 Å². The lowest BCUT2D eigenvalue weighted by atomic mass is 10.00. The third kappa shape index (κ3) is 1.16. The number of hydrogen-bond acceptors (Lipinski definition) is 3. The second kappa shape index (κ2) is 2.36. The fourth-order valence-electron chi connectivity index (χ4n) is 2.15. The van der Waals surface area contributed by atoms with Crippen molar-refractivity contribution in [1.29, 1.82) is 0 Å². The Morgan fingerprint density at radius 1 is 1.75 bits per heavy atom. The minimum Gasteiger partial charge on any atom is -0.448 e. The summed E-state index contributed by atoms with van der Waals surface area (Å²) in [5.41, 5.74) is -0.0764. The molecule has 0 spiro atoms. The van der Waals surface area contributed by atoms with Crippen molar-refractivity contribution in [3.63, 3.8) is 0 Å². The van der Waals surface area contributed by atoms with E-state index in [1.165, 1.54) is 0 Å². The number of cyclic esters (lactones) is 1. The van der Waals surface area contributed by atoms with Crippen LogP contribution in [0.4, 0.5) is 4.79 Å². The van der Waals surface area contributed by atoms with Gasteiger partial charge in [-0.25, -0.2) is 4.79 Å². The van der Waals surface area contributed by atoms with Crippen LogP contribution < -0.4 is 5.32 Å². The third-order valence-electron chi connectivity index (χ3n) is 2.72. The van der Waals surface area contributed by atoms with E-state index in [4.69, 9.17) is 4.74 Å². The normalized spacial score (nSPS) is 41.8. The Bertz CT molecular complexity index is 219. The molecule has 2 heterocycles. The van der Waals surface area contributed by atoms with Gasteiger partial charge in [0.1, 0.15) is 6.61 Å². The number of carbonyl (C=O) groups excluding carboxylic acids is 1. The summed E-state index contributed by atoms with van der Waals surface area (Å²) < 4.78 is 4.98. The number of amides is 1. The summed E-state index contributed by atoms with van der Waals surface area (Å²) in [6.45, 7) is 3.51. The summed E-state index contributed by atoms with van der Waals surface area (Å²) in [6, 6.07) is 0.397. The van der Waals surface area contributed by atoms with E-state index < -0.39 is 0 Å². The number of rotatable bonds is 0. The molecule has 1 amide bonds. The molecule has 2 saturated heterocycles. The van der Waals surface area contributed by atoms with E-state index >= 15 is 0 Å². The zero-order valence-electron chi connectivity index (χ0n) is 7.46. The Morgan fingerprint density at radius 2 is 2.50 bits per heavy atom. The van der Waals surface area contributed by atoms with Gasteiger partial charge < -0.3 is 10.1 Å². The van der Waals surface area contributed by atoms with Gasteiger partial charge in [0.05, 0.1) is 5.54 Å². The molecule has 0 aromatic rings. The van der Waals surface area contributed by atoms with E-state index in [-0.39, 0.29) is 11.6 Å². The SMILES string of the molecule is CN1CC2(C)CC1COC(=O)N2. The molecule has 2 fully saturated rings.